The molecule has 6 nitrogen and oxygen atoms in total. The summed E-state index contributed by atoms with van der Waals surface area (Å²) in [7, 11) is 0. The van der Waals surface area contributed by atoms with Crippen LogP contribution in [0.15, 0.2) is 42.7 Å². The number of carbonyl (C=O) groups excluding carboxylic acids is 1. The number of benzene rings is 1. The molecule has 6 heteroatoms. The Labute approximate surface area is 154 Å². The lowest BCUT2D eigenvalue weighted by Gasteiger charge is -2.48. The highest BCUT2D eigenvalue weighted by Crippen LogP contribution is 2.38. The maximum absolute atomic E-state index is 12.7. The standard InChI is InChI=1S/C20H27N5O/c26-19(15-25-21-10-11-22-25)24-13-5-9-20(17-24)8-4-12-23(16-20)14-18-6-2-1-3-7-18/h1-3,6-7,10-11H,4-5,8-9,12-17H2/t20-/m1/s1. The van der Waals surface area contributed by atoms with E-state index < -0.39 is 0 Å². The topological polar surface area (TPSA) is 54.3 Å². The number of hydrogen-bond donors (Lipinski definition) is 0. The van der Waals surface area contributed by atoms with Crippen molar-refractivity contribution in [2.24, 2.45) is 5.41 Å². The lowest BCUT2D eigenvalue weighted by Crippen LogP contribution is -2.54. The van der Waals surface area contributed by atoms with E-state index in [-0.39, 0.29) is 17.9 Å². The Bertz CT molecular complexity index is 713. The molecule has 1 amide bonds. The molecule has 0 bridgehead atoms. The second kappa shape index (κ2) is 7.58. The number of carbonyl (C=O) groups is 1. The van der Waals surface area contributed by atoms with E-state index in [1.807, 2.05) is 4.90 Å². The SMILES string of the molecule is O=C(Cn1nccn1)N1CCC[C@@]2(CCCN(Cc3ccccc3)C2)C1. The Kier molecular flexibility index (Phi) is 5.02. The Hall–Kier alpha value is -2.21. The van der Waals surface area contributed by atoms with Crippen molar-refractivity contribution in [1.29, 1.82) is 0 Å². The lowest BCUT2D eigenvalue weighted by molar-refractivity contribution is -0.137. The first kappa shape index (κ1) is 17.2. The molecule has 2 saturated heterocycles. The summed E-state index contributed by atoms with van der Waals surface area (Å²) >= 11 is 0. The van der Waals surface area contributed by atoms with Gasteiger partial charge in [0.2, 0.25) is 5.91 Å². The van der Waals surface area contributed by atoms with Gasteiger partial charge in [-0.05, 0) is 37.8 Å². The minimum atomic E-state index is 0.139. The second-order valence-corrected chi connectivity index (χ2v) is 7.78. The summed E-state index contributed by atoms with van der Waals surface area (Å²) in [6.45, 7) is 5.23. The summed E-state index contributed by atoms with van der Waals surface area (Å²) in [4.78, 5) is 18.8. The van der Waals surface area contributed by atoms with Crippen molar-refractivity contribution >= 4 is 5.91 Å². The van der Waals surface area contributed by atoms with Crippen LogP contribution in [-0.4, -0.2) is 56.9 Å². The van der Waals surface area contributed by atoms with Crippen molar-refractivity contribution in [3.05, 3.63) is 48.3 Å². The van der Waals surface area contributed by atoms with Crippen LogP contribution < -0.4 is 0 Å². The smallest absolute Gasteiger partial charge is 0.246 e. The predicted octanol–water partition coefficient (Wildman–Crippen LogP) is 2.18. The molecule has 4 rings (SSSR count). The number of nitrogens with zero attached hydrogens (tertiary/aromatic N) is 5. The fourth-order valence-corrected chi connectivity index (χ4v) is 4.59. The Morgan fingerprint density at radius 1 is 1.00 bits per heavy atom. The van der Waals surface area contributed by atoms with Crippen LogP contribution in [0.5, 0.6) is 0 Å². The van der Waals surface area contributed by atoms with Crippen molar-refractivity contribution in [3.8, 4) is 0 Å². The van der Waals surface area contributed by atoms with Gasteiger partial charge in [0.15, 0.2) is 0 Å². The van der Waals surface area contributed by atoms with Crippen LogP contribution in [0.4, 0.5) is 0 Å². The third-order valence-electron chi connectivity index (χ3n) is 5.75. The Balaban J connectivity index is 1.39. The van der Waals surface area contributed by atoms with E-state index in [1.54, 1.807) is 12.4 Å². The summed E-state index contributed by atoms with van der Waals surface area (Å²) in [5, 5.41) is 8.13. The van der Waals surface area contributed by atoms with E-state index in [9.17, 15) is 4.79 Å². The van der Waals surface area contributed by atoms with Crippen LogP contribution in [0.3, 0.4) is 0 Å². The zero-order valence-electron chi connectivity index (χ0n) is 15.3. The monoisotopic (exact) mass is 353 g/mol. The van der Waals surface area contributed by atoms with E-state index in [0.717, 1.165) is 39.1 Å². The number of amides is 1. The van der Waals surface area contributed by atoms with Crippen molar-refractivity contribution in [1.82, 2.24) is 24.8 Å². The summed E-state index contributed by atoms with van der Waals surface area (Å²) in [5.74, 6) is 0.139. The third kappa shape index (κ3) is 3.96. The molecule has 0 N–H and O–H groups in total. The van der Waals surface area contributed by atoms with Crippen molar-refractivity contribution < 1.29 is 4.79 Å². The van der Waals surface area contributed by atoms with Crippen molar-refractivity contribution in [2.75, 3.05) is 26.2 Å². The Morgan fingerprint density at radius 3 is 2.50 bits per heavy atom. The molecule has 0 unspecified atom stereocenters. The van der Waals surface area contributed by atoms with Crippen LogP contribution in [0.2, 0.25) is 0 Å². The normalized spacial score (nSPS) is 24.1. The van der Waals surface area contributed by atoms with Gasteiger partial charge < -0.3 is 4.90 Å². The van der Waals surface area contributed by atoms with Gasteiger partial charge in [-0.25, -0.2) is 0 Å². The van der Waals surface area contributed by atoms with Gasteiger partial charge in [0.05, 0.1) is 12.4 Å². The van der Waals surface area contributed by atoms with Gasteiger partial charge >= 0.3 is 0 Å². The van der Waals surface area contributed by atoms with E-state index in [1.165, 1.54) is 29.6 Å². The van der Waals surface area contributed by atoms with Gasteiger partial charge in [-0.15, -0.1) is 0 Å². The average Bonchev–Trinajstić information content (AvgIpc) is 3.16. The summed E-state index contributed by atoms with van der Waals surface area (Å²) in [5.41, 5.74) is 1.62. The molecule has 0 aliphatic carbocycles. The number of piperidine rings is 2. The number of rotatable bonds is 4. The highest BCUT2D eigenvalue weighted by Gasteiger charge is 2.40. The maximum Gasteiger partial charge on any atom is 0.246 e. The van der Waals surface area contributed by atoms with E-state index >= 15 is 0 Å². The molecule has 1 aromatic heterocycles. The first-order chi connectivity index (χ1) is 12.7. The molecule has 26 heavy (non-hydrogen) atoms. The maximum atomic E-state index is 12.7. The van der Waals surface area contributed by atoms with Crippen LogP contribution >= 0.6 is 0 Å². The minimum Gasteiger partial charge on any atom is -0.340 e. The first-order valence-electron chi connectivity index (χ1n) is 9.61. The van der Waals surface area contributed by atoms with E-state index in [0.29, 0.717) is 0 Å². The number of aromatic nitrogens is 3. The van der Waals surface area contributed by atoms with Crippen molar-refractivity contribution in [3.63, 3.8) is 0 Å². The quantitative estimate of drug-likeness (QED) is 0.845. The molecule has 0 radical (unpaired) electrons. The highest BCUT2D eigenvalue weighted by molar-refractivity contribution is 5.76. The lowest BCUT2D eigenvalue weighted by atomic mass is 9.73. The molecule has 1 aromatic carbocycles. The molecule has 2 aliphatic heterocycles. The second-order valence-electron chi connectivity index (χ2n) is 7.78. The zero-order valence-corrected chi connectivity index (χ0v) is 15.3. The summed E-state index contributed by atoms with van der Waals surface area (Å²) in [6, 6.07) is 10.7. The minimum absolute atomic E-state index is 0.139. The average molecular weight is 353 g/mol. The molecule has 1 spiro atoms. The molecule has 3 heterocycles. The number of likely N-dealkylation sites (tertiary alicyclic amines) is 2. The van der Waals surface area contributed by atoms with E-state index in [2.05, 4.69) is 45.4 Å². The molecule has 1 atom stereocenters. The fraction of sp³-hybridized carbons (Fsp3) is 0.550. The van der Waals surface area contributed by atoms with Gasteiger partial charge in [0, 0.05) is 31.6 Å². The molecular weight excluding hydrogens is 326 g/mol. The molecule has 2 fully saturated rings. The fourth-order valence-electron chi connectivity index (χ4n) is 4.59. The molecular formula is C20H27N5O. The zero-order chi connectivity index (χ0) is 17.8. The van der Waals surface area contributed by atoms with Gasteiger partial charge in [-0.1, -0.05) is 30.3 Å². The Morgan fingerprint density at radius 2 is 1.73 bits per heavy atom. The van der Waals surface area contributed by atoms with Crippen LogP contribution in [-0.2, 0) is 17.9 Å². The van der Waals surface area contributed by atoms with Crippen LogP contribution in [0.1, 0.15) is 31.2 Å². The van der Waals surface area contributed by atoms with E-state index in [4.69, 9.17) is 0 Å². The third-order valence-corrected chi connectivity index (χ3v) is 5.75. The predicted molar refractivity (Wildman–Crippen MR) is 99.2 cm³/mol. The van der Waals surface area contributed by atoms with Crippen LogP contribution in [0, 0.1) is 5.41 Å². The van der Waals surface area contributed by atoms with Gasteiger partial charge in [-0.2, -0.15) is 15.0 Å². The summed E-state index contributed by atoms with van der Waals surface area (Å²) < 4.78 is 0. The van der Waals surface area contributed by atoms with Gasteiger partial charge in [-0.3, -0.25) is 9.69 Å². The molecule has 2 aromatic rings. The number of hydrogen-bond acceptors (Lipinski definition) is 4. The molecule has 138 valence electrons. The van der Waals surface area contributed by atoms with Gasteiger partial charge in [0.1, 0.15) is 6.54 Å². The van der Waals surface area contributed by atoms with Crippen LogP contribution in [0.25, 0.3) is 0 Å². The molecule has 2 aliphatic rings. The highest BCUT2D eigenvalue weighted by atomic mass is 16.2. The van der Waals surface area contributed by atoms with Crippen molar-refractivity contribution in [2.45, 2.75) is 38.8 Å². The molecule has 0 saturated carbocycles. The largest absolute Gasteiger partial charge is 0.340 e. The summed E-state index contributed by atoms with van der Waals surface area (Å²) in [6.07, 6.45) is 8.00. The van der Waals surface area contributed by atoms with Gasteiger partial charge in [0.25, 0.3) is 0 Å². The first-order valence-corrected chi connectivity index (χ1v) is 9.61.